The van der Waals surface area contributed by atoms with Crippen molar-refractivity contribution in [3.63, 3.8) is 0 Å². The Morgan fingerprint density at radius 2 is 2.10 bits per heavy atom. The first-order valence-electron chi connectivity index (χ1n) is 6.77. The van der Waals surface area contributed by atoms with Gasteiger partial charge in [-0.2, -0.15) is 0 Å². The second-order valence-electron chi connectivity index (χ2n) is 4.99. The zero-order chi connectivity index (χ0) is 14.8. The van der Waals surface area contributed by atoms with Crippen LogP contribution < -0.4 is 10.1 Å². The van der Waals surface area contributed by atoms with Crippen LogP contribution in [-0.2, 0) is 0 Å². The van der Waals surface area contributed by atoms with Gasteiger partial charge < -0.3 is 10.1 Å². The van der Waals surface area contributed by atoms with Crippen LogP contribution in [0, 0.1) is 9.39 Å². The van der Waals surface area contributed by atoms with Crippen LogP contribution in [0.25, 0.3) is 0 Å². The minimum absolute atomic E-state index is 0.176. The van der Waals surface area contributed by atoms with Crippen LogP contribution in [0.3, 0.4) is 0 Å². The van der Waals surface area contributed by atoms with Gasteiger partial charge in [0, 0.05) is 19.3 Å². The summed E-state index contributed by atoms with van der Waals surface area (Å²) in [7, 11) is 0. The van der Waals surface area contributed by atoms with E-state index in [1.54, 1.807) is 12.1 Å². The first kappa shape index (κ1) is 15.1. The maximum absolute atomic E-state index is 13.2. The van der Waals surface area contributed by atoms with Crippen molar-refractivity contribution in [1.29, 1.82) is 0 Å². The third-order valence-electron chi connectivity index (χ3n) is 3.51. The molecule has 1 aliphatic rings. The number of benzene rings is 2. The molecule has 21 heavy (non-hydrogen) atoms. The highest BCUT2D eigenvalue weighted by Crippen LogP contribution is 2.36. The molecule has 0 saturated carbocycles. The molecule has 0 radical (unpaired) electrons. The van der Waals surface area contributed by atoms with Crippen LogP contribution in [0.1, 0.15) is 24.4 Å². The summed E-state index contributed by atoms with van der Waals surface area (Å²) in [5.41, 5.74) is 2.11. The number of nitrogens with one attached hydrogen (secondary N) is 1. The lowest BCUT2D eigenvalue weighted by Crippen LogP contribution is -2.11. The minimum atomic E-state index is -0.210. The van der Waals surface area contributed by atoms with Crippen LogP contribution in [0.2, 0.25) is 0 Å². The molecule has 0 aromatic heterocycles. The van der Waals surface area contributed by atoms with E-state index in [9.17, 15) is 4.39 Å². The number of ether oxygens (including phenoxy) is 1. The van der Waals surface area contributed by atoms with Crippen LogP contribution in [-0.4, -0.2) is 6.61 Å². The average Bonchev–Trinajstić information content (AvgIpc) is 2.64. The standard InChI is InChI=1S/C16H14BrFINO/c17-10-3-5-12-14(2-1-7-21-16(12)8-10)20-15-6-4-11(18)9-13(15)19/h3-6,8-9,14,20H,1-2,7H2. The molecule has 1 aliphatic heterocycles. The number of hydrogen-bond acceptors (Lipinski definition) is 2. The summed E-state index contributed by atoms with van der Waals surface area (Å²) in [4.78, 5) is 0. The third kappa shape index (κ3) is 3.51. The van der Waals surface area contributed by atoms with E-state index in [4.69, 9.17) is 4.74 Å². The SMILES string of the molecule is Fc1ccc(NC2CCCOc3cc(Br)ccc32)c(I)c1. The fraction of sp³-hybridized carbons (Fsp3) is 0.250. The molecule has 3 rings (SSSR count). The first-order chi connectivity index (χ1) is 10.1. The summed E-state index contributed by atoms with van der Waals surface area (Å²) in [6.45, 7) is 0.724. The quantitative estimate of drug-likeness (QED) is 0.594. The monoisotopic (exact) mass is 461 g/mol. The van der Waals surface area contributed by atoms with Gasteiger partial charge in [-0.05, 0) is 65.8 Å². The minimum Gasteiger partial charge on any atom is -0.493 e. The smallest absolute Gasteiger partial charge is 0.125 e. The molecule has 110 valence electrons. The number of halogens is 3. The zero-order valence-corrected chi connectivity index (χ0v) is 14.9. The molecule has 0 bridgehead atoms. The maximum Gasteiger partial charge on any atom is 0.125 e. The lowest BCUT2D eigenvalue weighted by molar-refractivity contribution is 0.316. The van der Waals surface area contributed by atoms with E-state index in [0.717, 1.165) is 44.5 Å². The Labute approximate surface area is 145 Å². The molecule has 0 aliphatic carbocycles. The van der Waals surface area contributed by atoms with Crippen molar-refractivity contribution in [2.24, 2.45) is 0 Å². The largest absolute Gasteiger partial charge is 0.493 e. The van der Waals surface area contributed by atoms with Gasteiger partial charge in [0.05, 0.1) is 12.6 Å². The van der Waals surface area contributed by atoms with Crippen molar-refractivity contribution in [2.75, 3.05) is 11.9 Å². The summed E-state index contributed by atoms with van der Waals surface area (Å²) in [6, 6.07) is 11.1. The summed E-state index contributed by atoms with van der Waals surface area (Å²) in [5, 5.41) is 3.52. The molecular weight excluding hydrogens is 448 g/mol. The van der Waals surface area contributed by atoms with Crippen LogP contribution >= 0.6 is 38.5 Å². The van der Waals surface area contributed by atoms with Gasteiger partial charge in [0.1, 0.15) is 11.6 Å². The van der Waals surface area contributed by atoms with Gasteiger partial charge in [-0.25, -0.2) is 4.39 Å². The molecule has 2 aromatic rings. The highest BCUT2D eigenvalue weighted by molar-refractivity contribution is 14.1. The van der Waals surface area contributed by atoms with Crippen molar-refractivity contribution < 1.29 is 9.13 Å². The van der Waals surface area contributed by atoms with E-state index in [1.165, 1.54) is 6.07 Å². The fourth-order valence-corrected chi connectivity index (χ4v) is 3.46. The lowest BCUT2D eigenvalue weighted by Gasteiger charge is -2.20. The molecule has 1 heterocycles. The van der Waals surface area contributed by atoms with Gasteiger partial charge in [0.25, 0.3) is 0 Å². The normalized spacial score (nSPS) is 17.6. The van der Waals surface area contributed by atoms with E-state index in [-0.39, 0.29) is 11.9 Å². The van der Waals surface area contributed by atoms with Crippen molar-refractivity contribution in [2.45, 2.75) is 18.9 Å². The Kier molecular flexibility index (Phi) is 4.69. The maximum atomic E-state index is 13.2. The predicted octanol–water partition coefficient (Wildman–Crippen LogP) is 5.52. The molecule has 5 heteroatoms. The molecular formula is C16H14BrFINO. The Bertz CT molecular complexity index is 665. The van der Waals surface area contributed by atoms with Crippen LogP contribution in [0.15, 0.2) is 40.9 Å². The van der Waals surface area contributed by atoms with Crippen molar-refractivity contribution >= 4 is 44.2 Å². The first-order valence-corrected chi connectivity index (χ1v) is 8.64. The summed E-state index contributed by atoms with van der Waals surface area (Å²) in [5.74, 6) is 0.704. The Morgan fingerprint density at radius 1 is 1.24 bits per heavy atom. The van der Waals surface area contributed by atoms with Gasteiger partial charge in [0.15, 0.2) is 0 Å². The van der Waals surface area contributed by atoms with Crippen molar-refractivity contribution in [3.8, 4) is 5.75 Å². The molecule has 2 nitrogen and oxygen atoms in total. The average molecular weight is 462 g/mol. The van der Waals surface area contributed by atoms with Gasteiger partial charge in [-0.15, -0.1) is 0 Å². The molecule has 1 unspecified atom stereocenters. The number of hydrogen-bond donors (Lipinski definition) is 1. The van der Waals surface area contributed by atoms with E-state index >= 15 is 0 Å². The molecule has 0 saturated heterocycles. The molecule has 0 spiro atoms. The summed E-state index contributed by atoms with van der Waals surface area (Å²) >= 11 is 5.63. The van der Waals surface area contributed by atoms with Gasteiger partial charge in [-0.3, -0.25) is 0 Å². The highest BCUT2D eigenvalue weighted by atomic mass is 127. The second kappa shape index (κ2) is 6.52. The van der Waals surface area contributed by atoms with Crippen LogP contribution in [0.5, 0.6) is 5.75 Å². The Balaban J connectivity index is 1.92. The highest BCUT2D eigenvalue weighted by Gasteiger charge is 2.20. The topological polar surface area (TPSA) is 21.3 Å². The molecule has 0 amide bonds. The van der Waals surface area contributed by atoms with E-state index in [2.05, 4.69) is 49.9 Å². The second-order valence-corrected chi connectivity index (χ2v) is 7.07. The van der Waals surface area contributed by atoms with Gasteiger partial charge >= 0.3 is 0 Å². The molecule has 1 N–H and O–H groups in total. The molecule has 1 atom stereocenters. The lowest BCUT2D eigenvalue weighted by atomic mass is 10.0. The fourth-order valence-electron chi connectivity index (χ4n) is 2.49. The van der Waals surface area contributed by atoms with Gasteiger partial charge in [-0.1, -0.05) is 22.0 Å². The Morgan fingerprint density at radius 3 is 2.90 bits per heavy atom. The van der Waals surface area contributed by atoms with E-state index < -0.39 is 0 Å². The number of anilines is 1. The van der Waals surface area contributed by atoms with Crippen LogP contribution in [0.4, 0.5) is 10.1 Å². The Hall–Kier alpha value is -0.820. The van der Waals surface area contributed by atoms with Crippen molar-refractivity contribution in [1.82, 2.24) is 0 Å². The van der Waals surface area contributed by atoms with Crippen molar-refractivity contribution in [3.05, 3.63) is 55.8 Å². The van der Waals surface area contributed by atoms with Gasteiger partial charge in [0.2, 0.25) is 0 Å². The summed E-state index contributed by atoms with van der Waals surface area (Å²) in [6.07, 6.45) is 1.98. The van der Waals surface area contributed by atoms with E-state index in [1.807, 2.05) is 12.1 Å². The third-order valence-corrected chi connectivity index (χ3v) is 4.89. The predicted molar refractivity (Wildman–Crippen MR) is 94.4 cm³/mol. The molecule has 0 fully saturated rings. The molecule has 2 aromatic carbocycles. The number of rotatable bonds is 2. The number of fused-ring (bicyclic) bond motifs is 1. The zero-order valence-electron chi connectivity index (χ0n) is 11.2. The summed E-state index contributed by atoms with van der Waals surface area (Å²) < 4.78 is 20.9. The van der Waals surface area contributed by atoms with E-state index in [0.29, 0.717) is 0 Å².